The fourth-order valence-corrected chi connectivity index (χ4v) is 1.63. The van der Waals surface area contributed by atoms with E-state index in [2.05, 4.69) is 34.4 Å². The normalized spacial score (nSPS) is 12.2. The van der Waals surface area contributed by atoms with Crippen LogP contribution in [0.15, 0.2) is 6.07 Å². The highest BCUT2D eigenvalue weighted by molar-refractivity contribution is 5.42. The van der Waals surface area contributed by atoms with E-state index in [0.29, 0.717) is 12.5 Å². The minimum atomic E-state index is -0.322. The van der Waals surface area contributed by atoms with E-state index in [1.165, 1.54) is 0 Å². The van der Waals surface area contributed by atoms with Gasteiger partial charge in [-0.05, 0) is 19.8 Å². The Morgan fingerprint density at radius 3 is 2.67 bits per heavy atom. The molecule has 0 aliphatic heterocycles. The summed E-state index contributed by atoms with van der Waals surface area (Å²) >= 11 is 0. The van der Waals surface area contributed by atoms with Crippen molar-refractivity contribution in [3.63, 3.8) is 0 Å². The van der Waals surface area contributed by atoms with Gasteiger partial charge in [0, 0.05) is 24.8 Å². The third-order valence-corrected chi connectivity index (χ3v) is 2.53. The Morgan fingerprint density at radius 1 is 1.22 bits per heavy atom. The second-order valence-corrected chi connectivity index (χ2v) is 4.47. The minimum absolute atomic E-state index is 0.322. The molecule has 1 heterocycles. The average molecular weight is 252 g/mol. The Morgan fingerprint density at radius 2 is 2.00 bits per heavy atom. The van der Waals surface area contributed by atoms with E-state index in [0.717, 1.165) is 37.3 Å². The van der Waals surface area contributed by atoms with Gasteiger partial charge in [0.1, 0.15) is 5.82 Å². The number of nitrogens with zero attached hydrogens (tertiary/aromatic N) is 2. The van der Waals surface area contributed by atoms with Crippen molar-refractivity contribution in [2.45, 2.75) is 46.1 Å². The van der Waals surface area contributed by atoms with Crippen molar-refractivity contribution in [3.05, 3.63) is 11.8 Å². The number of hydrogen-bond donors (Lipinski definition) is 3. The molecule has 1 aromatic rings. The summed E-state index contributed by atoms with van der Waals surface area (Å²) in [5.41, 5.74) is 0.913. The Kier molecular flexibility index (Phi) is 6.43. The molecule has 18 heavy (non-hydrogen) atoms. The first-order valence-electron chi connectivity index (χ1n) is 6.67. The molecular formula is C13H24N4O. The summed E-state index contributed by atoms with van der Waals surface area (Å²) < 4.78 is 0. The highest BCUT2D eigenvalue weighted by Gasteiger charge is 2.05. The molecule has 3 N–H and O–H groups in total. The van der Waals surface area contributed by atoms with Gasteiger partial charge in [-0.15, -0.1) is 0 Å². The first-order chi connectivity index (χ1) is 8.65. The van der Waals surface area contributed by atoms with E-state index in [1.54, 1.807) is 0 Å². The predicted octanol–water partition coefficient (Wildman–Crippen LogP) is 2.18. The number of anilines is 2. The molecule has 0 aliphatic carbocycles. The van der Waals surface area contributed by atoms with Crippen molar-refractivity contribution in [1.82, 2.24) is 9.97 Å². The van der Waals surface area contributed by atoms with Gasteiger partial charge in [-0.3, -0.25) is 0 Å². The van der Waals surface area contributed by atoms with Crippen LogP contribution in [0.3, 0.4) is 0 Å². The van der Waals surface area contributed by atoms with Crippen LogP contribution in [0.1, 0.15) is 38.8 Å². The number of nitrogens with one attached hydrogen (secondary N) is 2. The number of rotatable bonds is 8. The van der Waals surface area contributed by atoms with E-state index < -0.39 is 0 Å². The monoisotopic (exact) mass is 252 g/mol. The number of aliphatic hydroxyl groups is 1. The van der Waals surface area contributed by atoms with E-state index in [9.17, 15) is 5.11 Å². The molecule has 0 spiro atoms. The SMILES string of the molecule is CCCNc1nc(C)cc(NCC(O)CCC)n1. The van der Waals surface area contributed by atoms with E-state index in [-0.39, 0.29) is 6.10 Å². The summed E-state index contributed by atoms with van der Waals surface area (Å²) in [5, 5.41) is 16.0. The van der Waals surface area contributed by atoms with Crippen molar-refractivity contribution in [3.8, 4) is 0 Å². The quantitative estimate of drug-likeness (QED) is 0.661. The third kappa shape index (κ3) is 5.31. The zero-order valence-electron chi connectivity index (χ0n) is 11.5. The van der Waals surface area contributed by atoms with Gasteiger partial charge in [-0.25, -0.2) is 4.98 Å². The van der Waals surface area contributed by atoms with Gasteiger partial charge in [-0.2, -0.15) is 4.98 Å². The fraction of sp³-hybridized carbons (Fsp3) is 0.692. The van der Waals surface area contributed by atoms with Gasteiger partial charge in [-0.1, -0.05) is 20.3 Å². The lowest BCUT2D eigenvalue weighted by Crippen LogP contribution is -2.20. The smallest absolute Gasteiger partial charge is 0.224 e. The summed E-state index contributed by atoms with van der Waals surface area (Å²) in [5.74, 6) is 1.40. The van der Waals surface area contributed by atoms with Crippen LogP contribution in [-0.2, 0) is 0 Å². The molecule has 0 fully saturated rings. The van der Waals surface area contributed by atoms with Crippen molar-refractivity contribution >= 4 is 11.8 Å². The zero-order valence-corrected chi connectivity index (χ0v) is 11.5. The van der Waals surface area contributed by atoms with Crippen LogP contribution in [0.2, 0.25) is 0 Å². The second kappa shape index (κ2) is 7.87. The summed E-state index contributed by atoms with van der Waals surface area (Å²) in [4.78, 5) is 8.67. The van der Waals surface area contributed by atoms with Gasteiger partial charge >= 0.3 is 0 Å². The second-order valence-electron chi connectivity index (χ2n) is 4.47. The average Bonchev–Trinajstić information content (AvgIpc) is 2.34. The molecule has 5 heteroatoms. The van der Waals surface area contributed by atoms with E-state index >= 15 is 0 Å². The molecule has 0 bridgehead atoms. The molecule has 1 aromatic heterocycles. The molecule has 1 unspecified atom stereocenters. The van der Waals surface area contributed by atoms with Gasteiger partial charge in [0.25, 0.3) is 0 Å². The third-order valence-electron chi connectivity index (χ3n) is 2.53. The number of aryl methyl sites for hydroxylation is 1. The van der Waals surface area contributed by atoms with Crippen LogP contribution in [0.5, 0.6) is 0 Å². The lowest BCUT2D eigenvalue weighted by Gasteiger charge is -2.12. The molecule has 1 atom stereocenters. The van der Waals surface area contributed by atoms with Crippen LogP contribution < -0.4 is 10.6 Å². The van der Waals surface area contributed by atoms with Gasteiger partial charge in [0.05, 0.1) is 6.10 Å². The van der Waals surface area contributed by atoms with Gasteiger partial charge in [0.15, 0.2) is 0 Å². The van der Waals surface area contributed by atoms with Crippen LogP contribution in [-0.4, -0.2) is 34.3 Å². The molecule has 0 saturated carbocycles. The lowest BCUT2D eigenvalue weighted by molar-refractivity contribution is 0.176. The first kappa shape index (κ1) is 14.7. The predicted molar refractivity (Wildman–Crippen MR) is 75.0 cm³/mol. The Labute approximate surface area is 109 Å². The number of hydrogen-bond acceptors (Lipinski definition) is 5. The van der Waals surface area contributed by atoms with Crippen molar-refractivity contribution in [2.24, 2.45) is 0 Å². The Bertz CT molecular complexity index is 357. The van der Waals surface area contributed by atoms with E-state index in [4.69, 9.17) is 0 Å². The maximum absolute atomic E-state index is 9.67. The van der Waals surface area contributed by atoms with E-state index in [1.807, 2.05) is 13.0 Å². The molecule has 5 nitrogen and oxygen atoms in total. The number of aliphatic hydroxyl groups excluding tert-OH is 1. The lowest BCUT2D eigenvalue weighted by atomic mass is 10.2. The molecule has 0 radical (unpaired) electrons. The highest BCUT2D eigenvalue weighted by atomic mass is 16.3. The van der Waals surface area contributed by atoms with Crippen LogP contribution >= 0.6 is 0 Å². The Balaban J connectivity index is 2.56. The summed E-state index contributed by atoms with van der Waals surface area (Å²) in [6.07, 6.45) is 2.50. The fourth-order valence-electron chi connectivity index (χ4n) is 1.63. The topological polar surface area (TPSA) is 70.1 Å². The standard InChI is InChI=1S/C13H24N4O/c1-4-6-11(18)9-15-12-8-10(3)16-13(17-12)14-7-5-2/h8,11,18H,4-7,9H2,1-3H3,(H2,14,15,16,17). The highest BCUT2D eigenvalue weighted by Crippen LogP contribution is 2.10. The van der Waals surface area contributed by atoms with Gasteiger partial charge in [0.2, 0.25) is 5.95 Å². The Hall–Kier alpha value is -1.36. The molecule has 0 aliphatic rings. The largest absolute Gasteiger partial charge is 0.391 e. The maximum atomic E-state index is 9.67. The summed E-state index contributed by atoms with van der Waals surface area (Å²) in [6, 6.07) is 1.88. The van der Waals surface area contributed by atoms with Gasteiger partial charge < -0.3 is 15.7 Å². The van der Waals surface area contributed by atoms with Crippen molar-refractivity contribution < 1.29 is 5.11 Å². The first-order valence-corrected chi connectivity index (χ1v) is 6.67. The van der Waals surface area contributed by atoms with Crippen LogP contribution in [0.25, 0.3) is 0 Å². The molecule has 1 rings (SSSR count). The zero-order chi connectivity index (χ0) is 13.4. The van der Waals surface area contributed by atoms with Crippen LogP contribution in [0.4, 0.5) is 11.8 Å². The summed E-state index contributed by atoms with van der Waals surface area (Å²) in [6.45, 7) is 7.49. The van der Waals surface area contributed by atoms with Crippen LogP contribution in [0, 0.1) is 6.92 Å². The summed E-state index contributed by atoms with van der Waals surface area (Å²) in [7, 11) is 0. The molecular weight excluding hydrogens is 228 g/mol. The molecule has 0 amide bonds. The minimum Gasteiger partial charge on any atom is -0.391 e. The molecule has 0 saturated heterocycles. The maximum Gasteiger partial charge on any atom is 0.224 e. The molecule has 102 valence electrons. The van der Waals surface area contributed by atoms with Crippen molar-refractivity contribution in [2.75, 3.05) is 23.7 Å². The molecule has 0 aromatic carbocycles. The van der Waals surface area contributed by atoms with Crippen molar-refractivity contribution in [1.29, 1.82) is 0 Å². The number of aromatic nitrogens is 2.